The first-order valence-electron chi connectivity index (χ1n) is 6.67. The van der Waals surface area contributed by atoms with Crippen LogP contribution in [-0.4, -0.2) is 30.5 Å². The van der Waals surface area contributed by atoms with Crippen LogP contribution in [0.15, 0.2) is 0 Å². The van der Waals surface area contributed by atoms with E-state index < -0.39 is 0 Å². The first-order valence-corrected chi connectivity index (χ1v) is 7.49. The van der Waals surface area contributed by atoms with Crippen LogP contribution >= 0.6 is 11.3 Å². The Hall–Kier alpha value is -1.30. The van der Waals surface area contributed by atoms with E-state index in [0.29, 0.717) is 10.7 Å². The molecule has 0 radical (unpaired) electrons. The SMILES string of the molecule is CN(C)c1nc(N)c(C(=O)NC(C)(C)CC(C)(C)C)s1. The Balaban J connectivity index is 2.86. The lowest BCUT2D eigenvalue weighted by atomic mass is 9.82. The molecule has 0 aliphatic rings. The van der Waals surface area contributed by atoms with Crippen LogP contribution in [-0.2, 0) is 0 Å². The van der Waals surface area contributed by atoms with Crippen molar-refractivity contribution in [2.24, 2.45) is 5.41 Å². The molecular formula is C14H26N4OS. The summed E-state index contributed by atoms with van der Waals surface area (Å²) in [5.74, 6) is 0.144. The highest BCUT2D eigenvalue weighted by atomic mass is 32.1. The fourth-order valence-corrected chi connectivity index (χ4v) is 3.21. The monoisotopic (exact) mass is 298 g/mol. The molecule has 0 spiro atoms. The van der Waals surface area contributed by atoms with Gasteiger partial charge in [0.15, 0.2) is 5.13 Å². The molecule has 1 rings (SSSR count). The molecule has 1 heterocycles. The number of hydrogen-bond donors (Lipinski definition) is 2. The van der Waals surface area contributed by atoms with Gasteiger partial charge in [0.25, 0.3) is 5.91 Å². The molecule has 1 amide bonds. The van der Waals surface area contributed by atoms with E-state index >= 15 is 0 Å². The van der Waals surface area contributed by atoms with Gasteiger partial charge in [0, 0.05) is 19.6 Å². The second-order valence-electron chi connectivity index (χ2n) is 7.18. The predicted octanol–water partition coefficient (Wildman–Crippen LogP) is 2.74. The predicted molar refractivity (Wildman–Crippen MR) is 86.5 cm³/mol. The molecule has 0 bridgehead atoms. The second kappa shape index (κ2) is 5.60. The van der Waals surface area contributed by atoms with Gasteiger partial charge < -0.3 is 16.0 Å². The highest BCUT2D eigenvalue weighted by Crippen LogP contribution is 2.30. The molecule has 0 aromatic carbocycles. The van der Waals surface area contributed by atoms with Crippen molar-refractivity contribution in [3.8, 4) is 0 Å². The van der Waals surface area contributed by atoms with Crippen molar-refractivity contribution >= 4 is 28.2 Å². The third-order valence-electron chi connectivity index (χ3n) is 2.66. The molecule has 6 heteroatoms. The van der Waals surface area contributed by atoms with Crippen molar-refractivity contribution in [2.75, 3.05) is 24.7 Å². The first kappa shape index (κ1) is 16.8. The molecule has 0 aliphatic carbocycles. The van der Waals surface area contributed by atoms with Gasteiger partial charge in [-0.25, -0.2) is 4.98 Å². The molecule has 1 aromatic rings. The molecule has 1 aromatic heterocycles. The largest absolute Gasteiger partial charge is 0.382 e. The Labute approximate surface area is 125 Å². The molecule has 5 nitrogen and oxygen atoms in total. The number of amides is 1. The van der Waals surface area contributed by atoms with Gasteiger partial charge in [-0.2, -0.15) is 0 Å². The van der Waals surface area contributed by atoms with E-state index in [2.05, 4.69) is 31.1 Å². The summed E-state index contributed by atoms with van der Waals surface area (Å²) in [6.45, 7) is 10.5. The summed E-state index contributed by atoms with van der Waals surface area (Å²) in [7, 11) is 3.76. The molecular weight excluding hydrogens is 272 g/mol. The van der Waals surface area contributed by atoms with Crippen molar-refractivity contribution in [3.63, 3.8) is 0 Å². The summed E-state index contributed by atoms with van der Waals surface area (Å²) in [4.78, 5) is 18.9. The van der Waals surface area contributed by atoms with Gasteiger partial charge in [0.1, 0.15) is 10.7 Å². The molecule has 0 fully saturated rings. The normalized spacial score (nSPS) is 12.3. The Kier molecular flexibility index (Phi) is 4.69. The highest BCUT2D eigenvalue weighted by Gasteiger charge is 2.29. The zero-order valence-corrected chi connectivity index (χ0v) is 14.3. The van der Waals surface area contributed by atoms with Gasteiger partial charge in [0.2, 0.25) is 0 Å². The number of aromatic nitrogens is 1. The molecule has 3 N–H and O–H groups in total. The zero-order chi connectivity index (χ0) is 15.7. The van der Waals surface area contributed by atoms with Crippen LogP contribution in [0.1, 0.15) is 50.7 Å². The van der Waals surface area contributed by atoms with Gasteiger partial charge in [-0.05, 0) is 25.7 Å². The second-order valence-corrected chi connectivity index (χ2v) is 8.16. The van der Waals surface area contributed by atoms with Crippen LogP contribution in [0.4, 0.5) is 10.9 Å². The lowest BCUT2D eigenvalue weighted by Gasteiger charge is -2.33. The van der Waals surface area contributed by atoms with E-state index in [0.717, 1.165) is 11.6 Å². The van der Waals surface area contributed by atoms with Crippen LogP contribution in [0.5, 0.6) is 0 Å². The summed E-state index contributed by atoms with van der Waals surface area (Å²) in [5, 5.41) is 3.79. The van der Waals surface area contributed by atoms with Crippen LogP contribution in [0.25, 0.3) is 0 Å². The van der Waals surface area contributed by atoms with Gasteiger partial charge in [-0.15, -0.1) is 0 Å². The third-order valence-corrected chi connectivity index (χ3v) is 3.89. The minimum Gasteiger partial charge on any atom is -0.382 e. The Morgan fingerprint density at radius 2 is 1.85 bits per heavy atom. The van der Waals surface area contributed by atoms with Crippen molar-refractivity contribution in [1.82, 2.24) is 10.3 Å². The average molecular weight is 298 g/mol. The first-order chi connectivity index (χ1) is 8.91. The molecule has 0 aliphatic heterocycles. The van der Waals surface area contributed by atoms with E-state index in [4.69, 9.17) is 5.73 Å². The van der Waals surface area contributed by atoms with Gasteiger partial charge in [-0.1, -0.05) is 32.1 Å². The van der Waals surface area contributed by atoms with Crippen molar-refractivity contribution in [1.29, 1.82) is 0 Å². The topological polar surface area (TPSA) is 71.2 Å². The maximum absolute atomic E-state index is 12.4. The number of nitrogen functional groups attached to an aromatic ring is 1. The molecule has 0 saturated heterocycles. The lowest BCUT2D eigenvalue weighted by Crippen LogP contribution is -2.45. The third kappa shape index (κ3) is 4.67. The summed E-state index contributed by atoms with van der Waals surface area (Å²) < 4.78 is 0. The number of nitrogens with one attached hydrogen (secondary N) is 1. The number of anilines is 2. The van der Waals surface area contributed by atoms with Crippen LogP contribution in [0.3, 0.4) is 0 Å². The minimum absolute atomic E-state index is 0.144. The molecule has 0 saturated carbocycles. The minimum atomic E-state index is -0.288. The van der Waals surface area contributed by atoms with Gasteiger partial charge in [0.05, 0.1) is 0 Å². The number of nitrogens with zero attached hydrogens (tertiary/aromatic N) is 2. The maximum Gasteiger partial charge on any atom is 0.265 e. The molecule has 0 atom stereocenters. The summed E-state index contributed by atoms with van der Waals surface area (Å²) in [6.07, 6.45) is 0.880. The van der Waals surface area contributed by atoms with Crippen LogP contribution in [0.2, 0.25) is 0 Å². The molecule has 20 heavy (non-hydrogen) atoms. The number of hydrogen-bond acceptors (Lipinski definition) is 5. The zero-order valence-electron chi connectivity index (χ0n) is 13.5. The highest BCUT2D eigenvalue weighted by molar-refractivity contribution is 7.18. The van der Waals surface area contributed by atoms with Gasteiger partial charge >= 0.3 is 0 Å². The molecule has 0 unspecified atom stereocenters. The maximum atomic E-state index is 12.4. The Morgan fingerprint density at radius 3 is 2.25 bits per heavy atom. The number of carbonyl (C=O) groups excluding carboxylic acids is 1. The van der Waals surface area contributed by atoms with Crippen LogP contribution in [0, 0.1) is 5.41 Å². The fraction of sp³-hybridized carbons (Fsp3) is 0.714. The van der Waals surface area contributed by atoms with E-state index in [1.807, 2.05) is 32.8 Å². The number of carbonyl (C=O) groups is 1. The summed E-state index contributed by atoms with van der Waals surface area (Å²) in [6, 6.07) is 0. The summed E-state index contributed by atoms with van der Waals surface area (Å²) in [5.41, 5.74) is 5.69. The van der Waals surface area contributed by atoms with Crippen molar-refractivity contribution in [3.05, 3.63) is 4.88 Å². The number of thiazole rings is 1. The van der Waals surface area contributed by atoms with E-state index in [1.165, 1.54) is 11.3 Å². The average Bonchev–Trinajstić information content (AvgIpc) is 2.55. The quantitative estimate of drug-likeness (QED) is 0.896. The van der Waals surface area contributed by atoms with Gasteiger partial charge in [-0.3, -0.25) is 4.79 Å². The fourth-order valence-electron chi connectivity index (χ4n) is 2.41. The Bertz CT molecular complexity index is 486. The lowest BCUT2D eigenvalue weighted by molar-refractivity contribution is 0.0896. The summed E-state index contributed by atoms with van der Waals surface area (Å²) >= 11 is 1.31. The van der Waals surface area contributed by atoms with Crippen molar-refractivity contribution < 1.29 is 4.79 Å². The smallest absolute Gasteiger partial charge is 0.265 e. The molecule has 114 valence electrons. The number of nitrogens with two attached hydrogens (primary N) is 1. The van der Waals surface area contributed by atoms with E-state index in [9.17, 15) is 4.79 Å². The number of rotatable bonds is 4. The van der Waals surface area contributed by atoms with E-state index in [1.54, 1.807) is 0 Å². The Morgan fingerprint density at radius 1 is 1.30 bits per heavy atom. The van der Waals surface area contributed by atoms with Crippen LogP contribution < -0.4 is 16.0 Å². The van der Waals surface area contributed by atoms with E-state index in [-0.39, 0.29) is 16.9 Å². The van der Waals surface area contributed by atoms with Crippen molar-refractivity contribution in [2.45, 2.75) is 46.6 Å². The standard InChI is InChI=1S/C14H26N4OS/c1-13(2,3)8-14(4,5)17-11(19)9-10(15)16-12(20-9)18(6)7/h8,15H2,1-7H3,(H,17,19).